The third-order valence-electron chi connectivity index (χ3n) is 4.16. The largest absolute Gasteiger partial charge is 0.491 e. The van der Waals surface area contributed by atoms with Crippen molar-refractivity contribution in [3.63, 3.8) is 0 Å². The van der Waals surface area contributed by atoms with E-state index in [1.54, 1.807) is 7.11 Å². The van der Waals surface area contributed by atoms with Crippen molar-refractivity contribution in [3.05, 3.63) is 29.3 Å². The van der Waals surface area contributed by atoms with E-state index in [1.807, 2.05) is 0 Å². The lowest BCUT2D eigenvalue weighted by molar-refractivity contribution is 0.145. The fraction of sp³-hybridized carbons (Fsp3) is 0.650. The van der Waals surface area contributed by atoms with Crippen LogP contribution < -0.4 is 15.4 Å². The summed E-state index contributed by atoms with van der Waals surface area (Å²) in [4.78, 5) is 7.01. The van der Waals surface area contributed by atoms with E-state index in [-0.39, 0.29) is 24.0 Å². The highest BCUT2D eigenvalue weighted by molar-refractivity contribution is 14.0. The summed E-state index contributed by atoms with van der Waals surface area (Å²) in [7, 11) is 3.81. The number of likely N-dealkylation sites (N-methyl/N-ethyl adjacent to an activating group) is 1. The van der Waals surface area contributed by atoms with Gasteiger partial charge in [0, 0.05) is 38.3 Å². The molecule has 0 bridgehead atoms. The predicted molar refractivity (Wildman–Crippen MR) is 125 cm³/mol. The molecule has 0 heterocycles. The van der Waals surface area contributed by atoms with Gasteiger partial charge in [0.2, 0.25) is 0 Å². The third-order valence-corrected chi connectivity index (χ3v) is 4.16. The number of methoxy groups -OCH3 is 1. The molecule has 0 aliphatic heterocycles. The summed E-state index contributed by atoms with van der Waals surface area (Å²) >= 11 is 0. The standard InChI is InChI=1S/C20H36N4O2.HI/c1-7-21-20(22-10-11-24(5)16(2)3)23-15-18-9-8-17(4)14-19(18)26-13-12-25-6;/h8-9,14,16H,7,10-13,15H2,1-6H3,(H2,21,22,23);1H. The first-order chi connectivity index (χ1) is 12.5. The van der Waals surface area contributed by atoms with E-state index in [9.17, 15) is 0 Å². The van der Waals surface area contributed by atoms with E-state index < -0.39 is 0 Å². The molecule has 0 aromatic heterocycles. The Morgan fingerprint density at radius 1 is 1.22 bits per heavy atom. The molecular weight excluding hydrogens is 455 g/mol. The maximum atomic E-state index is 5.85. The summed E-state index contributed by atoms with van der Waals surface area (Å²) in [6, 6.07) is 6.76. The van der Waals surface area contributed by atoms with Crippen LogP contribution in [0.25, 0.3) is 0 Å². The van der Waals surface area contributed by atoms with Crippen molar-refractivity contribution in [2.75, 3.05) is 47.0 Å². The molecule has 0 saturated carbocycles. The summed E-state index contributed by atoms with van der Waals surface area (Å²) in [5.41, 5.74) is 2.25. The maximum absolute atomic E-state index is 5.85. The highest BCUT2D eigenvalue weighted by atomic mass is 127. The Kier molecular flexibility index (Phi) is 14.3. The lowest BCUT2D eigenvalue weighted by Crippen LogP contribution is -2.42. The first-order valence-electron chi connectivity index (χ1n) is 9.41. The Labute approximate surface area is 182 Å². The van der Waals surface area contributed by atoms with Crippen molar-refractivity contribution in [1.29, 1.82) is 0 Å². The molecule has 0 aliphatic rings. The van der Waals surface area contributed by atoms with Gasteiger partial charge in [0.25, 0.3) is 0 Å². The van der Waals surface area contributed by atoms with E-state index in [0.29, 0.717) is 25.8 Å². The number of hydrogen-bond acceptors (Lipinski definition) is 4. The number of halogens is 1. The molecule has 0 atom stereocenters. The van der Waals surface area contributed by atoms with Crippen molar-refractivity contribution in [1.82, 2.24) is 15.5 Å². The molecule has 0 amide bonds. The molecule has 156 valence electrons. The second kappa shape index (κ2) is 14.9. The molecule has 0 aliphatic carbocycles. The summed E-state index contributed by atoms with van der Waals surface area (Å²) in [5.74, 6) is 1.70. The molecule has 0 fully saturated rings. The van der Waals surface area contributed by atoms with Crippen LogP contribution in [-0.2, 0) is 11.3 Å². The minimum absolute atomic E-state index is 0. The molecule has 6 nitrogen and oxygen atoms in total. The molecule has 0 radical (unpaired) electrons. The minimum atomic E-state index is 0. The van der Waals surface area contributed by atoms with Gasteiger partial charge in [0.15, 0.2) is 5.96 Å². The van der Waals surface area contributed by atoms with Crippen LogP contribution in [0.2, 0.25) is 0 Å². The monoisotopic (exact) mass is 492 g/mol. The van der Waals surface area contributed by atoms with Crippen LogP contribution in [0.4, 0.5) is 0 Å². The van der Waals surface area contributed by atoms with Crippen LogP contribution in [0, 0.1) is 6.92 Å². The summed E-state index contributed by atoms with van der Waals surface area (Å²) in [6.45, 7) is 12.9. The van der Waals surface area contributed by atoms with Gasteiger partial charge in [-0.1, -0.05) is 12.1 Å². The van der Waals surface area contributed by atoms with E-state index in [4.69, 9.17) is 14.5 Å². The Morgan fingerprint density at radius 3 is 2.59 bits per heavy atom. The van der Waals surface area contributed by atoms with E-state index in [2.05, 4.69) is 68.5 Å². The lowest BCUT2D eigenvalue weighted by Gasteiger charge is -2.21. The number of aryl methyl sites for hydroxylation is 1. The van der Waals surface area contributed by atoms with Crippen LogP contribution >= 0.6 is 24.0 Å². The van der Waals surface area contributed by atoms with Crippen molar-refractivity contribution >= 4 is 29.9 Å². The topological polar surface area (TPSA) is 58.1 Å². The van der Waals surface area contributed by atoms with Crippen LogP contribution in [0.1, 0.15) is 31.9 Å². The smallest absolute Gasteiger partial charge is 0.191 e. The zero-order valence-electron chi connectivity index (χ0n) is 17.7. The van der Waals surface area contributed by atoms with Crippen molar-refractivity contribution in [3.8, 4) is 5.75 Å². The summed E-state index contributed by atoms with van der Waals surface area (Å²) in [6.07, 6.45) is 0. The van der Waals surface area contributed by atoms with Gasteiger partial charge in [-0.2, -0.15) is 0 Å². The van der Waals surface area contributed by atoms with Crippen LogP contribution in [0.5, 0.6) is 5.75 Å². The summed E-state index contributed by atoms with van der Waals surface area (Å²) < 4.78 is 10.9. The molecule has 1 rings (SSSR count). The van der Waals surface area contributed by atoms with Gasteiger partial charge < -0.3 is 25.0 Å². The zero-order chi connectivity index (χ0) is 19.4. The molecule has 0 unspecified atom stereocenters. The molecular formula is C20H37IN4O2. The van der Waals surface area contributed by atoms with Gasteiger partial charge in [-0.05, 0) is 46.4 Å². The number of hydrogen-bond donors (Lipinski definition) is 2. The summed E-state index contributed by atoms with van der Waals surface area (Å²) in [5, 5.41) is 6.69. The number of ether oxygens (including phenoxy) is 2. The molecule has 27 heavy (non-hydrogen) atoms. The normalized spacial score (nSPS) is 11.5. The predicted octanol–water partition coefficient (Wildman–Crippen LogP) is 3.03. The number of benzene rings is 1. The van der Waals surface area contributed by atoms with Gasteiger partial charge in [0.05, 0.1) is 13.2 Å². The van der Waals surface area contributed by atoms with Gasteiger partial charge in [-0.25, -0.2) is 4.99 Å². The highest BCUT2D eigenvalue weighted by Gasteiger charge is 2.06. The third kappa shape index (κ3) is 10.8. The van der Waals surface area contributed by atoms with Crippen LogP contribution in [0.15, 0.2) is 23.2 Å². The molecule has 0 spiro atoms. The molecule has 0 saturated heterocycles. The molecule has 1 aromatic carbocycles. The fourth-order valence-electron chi connectivity index (χ4n) is 2.28. The van der Waals surface area contributed by atoms with Gasteiger partial charge in [-0.15, -0.1) is 24.0 Å². The van der Waals surface area contributed by atoms with Gasteiger partial charge in [0.1, 0.15) is 12.4 Å². The highest BCUT2D eigenvalue weighted by Crippen LogP contribution is 2.21. The average molecular weight is 492 g/mol. The number of nitrogens with zero attached hydrogens (tertiary/aromatic N) is 2. The number of nitrogens with one attached hydrogen (secondary N) is 2. The Bertz CT molecular complexity index is 553. The average Bonchev–Trinajstić information content (AvgIpc) is 2.60. The van der Waals surface area contributed by atoms with Crippen LogP contribution in [-0.4, -0.2) is 63.9 Å². The number of rotatable bonds is 11. The molecule has 7 heteroatoms. The van der Waals surface area contributed by atoms with Crippen molar-refractivity contribution in [2.24, 2.45) is 4.99 Å². The maximum Gasteiger partial charge on any atom is 0.191 e. The first-order valence-corrected chi connectivity index (χ1v) is 9.41. The number of aliphatic imine (C=N–C) groups is 1. The number of guanidine groups is 1. The second-order valence-corrected chi connectivity index (χ2v) is 6.65. The van der Waals surface area contributed by atoms with Gasteiger partial charge >= 0.3 is 0 Å². The lowest BCUT2D eigenvalue weighted by atomic mass is 10.1. The minimum Gasteiger partial charge on any atom is -0.491 e. The second-order valence-electron chi connectivity index (χ2n) is 6.65. The van der Waals surface area contributed by atoms with E-state index in [1.165, 1.54) is 5.56 Å². The first kappa shape index (κ1) is 25.9. The Morgan fingerprint density at radius 2 is 1.96 bits per heavy atom. The molecule has 1 aromatic rings. The van der Waals surface area contributed by atoms with E-state index in [0.717, 1.165) is 36.9 Å². The van der Waals surface area contributed by atoms with Crippen LogP contribution in [0.3, 0.4) is 0 Å². The Balaban J connectivity index is 0.00000676. The van der Waals surface area contributed by atoms with Crippen molar-refractivity contribution < 1.29 is 9.47 Å². The fourth-order valence-corrected chi connectivity index (χ4v) is 2.28. The van der Waals surface area contributed by atoms with Gasteiger partial charge in [-0.3, -0.25) is 0 Å². The van der Waals surface area contributed by atoms with Crippen molar-refractivity contribution in [2.45, 2.75) is 40.3 Å². The molecule has 2 N–H and O–H groups in total. The van der Waals surface area contributed by atoms with E-state index >= 15 is 0 Å². The SMILES string of the molecule is CCNC(=NCc1ccc(C)cc1OCCOC)NCCN(C)C(C)C.I. The zero-order valence-corrected chi connectivity index (χ0v) is 20.0. The Hall–Kier alpha value is -1.06. The quantitative estimate of drug-likeness (QED) is 0.215.